The number of fused-ring (bicyclic) bond motifs is 1. The van der Waals surface area contributed by atoms with Gasteiger partial charge in [-0.3, -0.25) is 9.69 Å². The van der Waals surface area contributed by atoms with Crippen LogP contribution in [0.4, 0.5) is 5.82 Å². The van der Waals surface area contributed by atoms with Gasteiger partial charge < -0.3 is 4.90 Å². The normalized spacial score (nSPS) is 18.3. The standard InChI is InChI=1S/C29H31N3OS2/c1-20-12-15-31(16-13-20)27-24(18-23-17-21(2)10-11-25(23)30-27)19-26-28(33)32(29(34)35-26)14-6-9-22-7-4-3-5-8-22/h3-5,7-8,10-11,17-20H,6,9,12-16H2,1-2H3/b26-19-. The van der Waals surface area contributed by atoms with Crippen molar-refractivity contribution in [2.45, 2.75) is 39.5 Å². The van der Waals surface area contributed by atoms with E-state index in [1.165, 1.54) is 22.9 Å². The van der Waals surface area contributed by atoms with Crippen LogP contribution >= 0.6 is 24.0 Å². The lowest BCUT2D eigenvalue weighted by molar-refractivity contribution is -0.122. The first-order valence-corrected chi connectivity index (χ1v) is 13.7. The molecular weight excluding hydrogens is 470 g/mol. The van der Waals surface area contributed by atoms with Crippen molar-refractivity contribution in [3.8, 4) is 0 Å². The minimum atomic E-state index is 0.00983. The molecule has 0 radical (unpaired) electrons. The van der Waals surface area contributed by atoms with Crippen LogP contribution in [0.5, 0.6) is 0 Å². The Kier molecular flexibility index (Phi) is 7.21. The van der Waals surface area contributed by atoms with E-state index in [0.29, 0.717) is 15.8 Å². The topological polar surface area (TPSA) is 36.4 Å². The van der Waals surface area contributed by atoms with Crippen molar-refractivity contribution >= 4 is 57.0 Å². The molecule has 2 aliphatic heterocycles. The Labute approximate surface area is 217 Å². The first-order valence-electron chi connectivity index (χ1n) is 12.4. The molecule has 3 heterocycles. The summed E-state index contributed by atoms with van der Waals surface area (Å²) < 4.78 is 0.646. The number of hydrogen-bond acceptors (Lipinski definition) is 5. The monoisotopic (exact) mass is 501 g/mol. The summed E-state index contributed by atoms with van der Waals surface area (Å²) in [6.45, 7) is 7.04. The van der Waals surface area contributed by atoms with E-state index < -0.39 is 0 Å². The Morgan fingerprint density at radius 2 is 1.89 bits per heavy atom. The third kappa shape index (κ3) is 5.44. The van der Waals surface area contributed by atoms with Crippen LogP contribution in [0, 0.1) is 12.8 Å². The molecular formula is C29H31N3OS2. The first-order chi connectivity index (χ1) is 17.0. The maximum Gasteiger partial charge on any atom is 0.266 e. The van der Waals surface area contributed by atoms with E-state index in [-0.39, 0.29) is 5.91 Å². The number of thioether (sulfide) groups is 1. The third-order valence-corrected chi connectivity index (χ3v) is 8.29. The summed E-state index contributed by atoms with van der Waals surface area (Å²) >= 11 is 7.02. The van der Waals surface area contributed by atoms with Crippen LogP contribution < -0.4 is 4.90 Å². The van der Waals surface area contributed by atoms with E-state index in [1.807, 2.05) is 12.1 Å². The number of thiocarbonyl (C=S) groups is 1. The zero-order valence-electron chi connectivity index (χ0n) is 20.4. The Morgan fingerprint density at radius 3 is 2.66 bits per heavy atom. The first kappa shape index (κ1) is 24.0. The van der Waals surface area contributed by atoms with Crippen LogP contribution in [-0.2, 0) is 11.2 Å². The van der Waals surface area contributed by atoms with Crippen LogP contribution in [0.25, 0.3) is 17.0 Å². The van der Waals surface area contributed by atoms with Crippen molar-refractivity contribution < 1.29 is 4.79 Å². The fourth-order valence-corrected chi connectivity index (χ4v) is 6.10. The van der Waals surface area contributed by atoms with Crippen molar-refractivity contribution in [3.05, 3.63) is 76.2 Å². The summed E-state index contributed by atoms with van der Waals surface area (Å²) in [5.74, 6) is 1.73. The predicted molar refractivity (Wildman–Crippen MR) is 152 cm³/mol. The second kappa shape index (κ2) is 10.5. The van der Waals surface area contributed by atoms with Crippen LogP contribution in [-0.4, -0.2) is 39.7 Å². The average Bonchev–Trinajstić information content (AvgIpc) is 3.12. The maximum atomic E-state index is 13.3. The van der Waals surface area contributed by atoms with E-state index in [2.05, 4.69) is 67.3 Å². The van der Waals surface area contributed by atoms with Gasteiger partial charge in [-0.25, -0.2) is 4.98 Å². The Hall–Kier alpha value is -2.70. The van der Waals surface area contributed by atoms with Gasteiger partial charge in [-0.15, -0.1) is 0 Å². The number of piperidine rings is 1. The van der Waals surface area contributed by atoms with Crippen molar-refractivity contribution in [1.82, 2.24) is 9.88 Å². The van der Waals surface area contributed by atoms with E-state index in [1.54, 1.807) is 4.90 Å². The number of aryl methyl sites for hydroxylation is 2. The number of aromatic nitrogens is 1. The number of benzene rings is 2. The molecule has 0 aliphatic carbocycles. The number of amides is 1. The van der Waals surface area contributed by atoms with Crippen molar-refractivity contribution in [2.75, 3.05) is 24.5 Å². The van der Waals surface area contributed by atoms with Crippen LogP contribution in [0.2, 0.25) is 0 Å². The highest BCUT2D eigenvalue weighted by Gasteiger charge is 2.32. The van der Waals surface area contributed by atoms with Gasteiger partial charge in [0.15, 0.2) is 0 Å². The highest BCUT2D eigenvalue weighted by atomic mass is 32.2. The molecule has 0 N–H and O–H groups in total. The van der Waals surface area contributed by atoms with Crippen molar-refractivity contribution in [2.24, 2.45) is 5.92 Å². The zero-order valence-corrected chi connectivity index (χ0v) is 22.0. The molecule has 2 saturated heterocycles. The summed E-state index contributed by atoms with van der Waals surface area (Å²) in [5.41, 5.74) is 4.48. The summed E-state index contributed by atoms with van der Waals surface area (Å²) in [7, 11) is 0. The lowest BCUT2D eigenvalue weighted by Crippen LogP contribution is -2.34. The van der Waals surface area contributed by atoms with Gasteiger partial charge in [0, 0.05) is 30.6 Å². The smallest absolute Gasteiger partial charge is 0.266 e. The molecule has 180 valence electrons. The van der Waals surface area contributed by atoms with Crippen molar-refractivity contribution in [3.63, 3.8) is 0 Å². The molecule has 0 atom stereocenters. The lowest BCUT2D eigenvalue weighted by Gasteiger charge is -2.32. The molecule has 5 rings (SSSR count). The number of pyridine rings is 1. The van der Waals surface area contributed by atoms with Crippen LogP contribution in [0.15, 0.2) is 59.5 Å². The Bertz CT molecular complexity index is 1280. The highest BCUT2D eigenvalue weighted by Crippen LogP contribution is 2.36. The summed E-state index contributed by atoms with van der Waals surface area (Å²) in [5, 5.41) is 1.10. The molecule has 3 aromatic rings. The third-order valence-electron chi connectivity index (χ3n) is 6.91. The predicted octanol–water partition coefficient (Wildman–Crippen LogP) is 6.61. The second-order valence-corrected chi connectivity index (χ2v) is 11.4. The minimum absolute atomic E-state index is 0.00983. The zero-order chi connectivity index (χ0) is 24.4. The molecule has 4 nitrogen and oxygen atoms in total. The van der Waals surface area contributed by atoms with Gasteiger partial charge >= 0.3 is 0 Å². The molecule has 0 unspecified atom stereocenters. The molecule has 2 fully saturated rings. The molecule has 35 heavy (non-hydrogen) atoms. The van der Waals surface area contributed by atoms with E-state index in [0.717, 1.165) is 67.0 Å². The summed E-state index contributed by atoms with van der Waals surface area (Å²) in [6.07, 6.45) is 6.16. The van der Waals surface area contributed by atoms with E-state index in [4.69, 9.17) is 17.2 Å². The average molecular weight is 502 g/mol. The van der Waals surface area contributed by atoms with Crippen LogP contribution in [0.3, 0.4) is 0 Å². The van der Waals surface area contributed by atoms with Crippen LogP contribution in [0.1, 0.15) is 42.9 Å². The fourth-order valence-electron chi connectivity index (χ4n) is 4.80. The number of carbonyl (C=O) groups is 1. The Balaban J connectivity index is 1.41. The maximum absolute atomic E-state index is 13.3. The fraction of sp³-hybridized carbons (Fsp3) is 0.345. The van der Waals surface area contributed by atoms with Gasteiger partial charge in [-0.2, -0.15) is 0 Å². The molecule has 1 amide bonds. The molecule has 2 aromatic carbocycles. The van der Waals surface area contributed by atoms with Gasteiger partial charge in [0.1, 0.15) is 10.1 Å². The van der Waals surface area contributed by atoms with Gasteiger partial charge in [-0.1, -0.05) is 72.9 Å². The van der Waals surface area contributed by atoms with E-state index >= 15 is 0 Å². The minimum Gasteiger partial charge on any atom is -0.356 e. The van der Waals surface area contributed by atoms with Gasteiger partial charge in [0.25, 0.3) is 5.91 Å². The SMILES string of the molecule is Cc1ccc2nc(N3CCC(C)CC3)c(/C=C3\SC(=S)N(CCCc4ccccc4)C3=O)cc2c1. The van der Waals surface area contributed by atoms with Gasteiger partial charge in [0.2, 0.25) is 0 Å². The quantitative estimate of drug-likeness (QED) is 0.280. The largest absolute Gasteiger partial charge is 0.356 e. The molecule has 6 heteroatoms. The summed E-state index contributed by atoms with van der Waals surface area (Å²) in [4.78, 5) is 23.2. The van der Waals surface area contributed by atoms with E-state index in [9.17, 15) is 4.79 Å². The van der Waals surface area contributed by atoms with Crippen molar-refractivity contribution in [1.29, 1.82) is 0 Å². The number of anilines is 1. The number of nitrogens with zero attached hydrogens (tertiary/aromatic N) is 3. The number of carbonyl (C=O) groups excluding carboxylic acids is 1. The molecule has 2 aliphatic rings. The molecule has 0 bridgehead atoms. The van der Waals surface area contributed by atoms with Gasteiger partial charge in [0.05, 0.1) is 10.4 Å². The van der Waals surface area contributed by atoms with Gasteiger partial charge in [-0.05, 0) is 68.4 Å². The Morgan fingerprint density at radius 1 is 1.11 bits per heavy atom. The number of rotatable bonds is 6. The summed E-state index contributed by atoms with van der Waals surface area (Å²) in [6, 6.07) is 18.9. The second-order valence-electron chi connectivity index (χ2n) is 9.69. The lowest BCUT2D eigenvalue weighted by atomic mass is 9.98. The number of hydrogen-bond donors (Lipinski definition) is 0. The molecule has 0 saturated carbocycles. The highest BCUT2D eigenvalue weighted by molar-refractivity contribution is 8.26. The molecule has 1 aromatic heterocycles. The molecule has 0 spiro atoms.